The number of nitrogens with zero attached hydrogens (tertiary/aromatic N) is 1. The van der Waals surface area contributed by atoms with Gasteiger partial charge in [-0.3, -0.25) is 9.69 Å². The minimum Gasteiger partial charge on any atom is -0.468 e. The fourth-order valence-electron chi connectivity index (χ4n) is 3.52. The fourth-order valence-corrected chi connectivity index (χ4v) is 4.52. The Balaban J connectivity index is 1.44. The van der Waals surface area contributed by atoms with E-state index in [1.165, 1.54) is 30.5 Å². The van der Waals surface area contributed by atoms with Crippen molar-refractivity contribution in [1.82, 2.24) is 14.9 Å². The maximum absolute atomic E-state index is 12.3. The molecule has 1 aliphatic heterocycles. The van der Waals surface area contributed by atoms with Gasteiger partial charge in [-0.15, -0.1) is 0 Å². The molecule has 0 saturated carbocycles. The Labute approximate surface area is 177 Å². The van der Waals surface area contributed by atoms with Gasteiger partial charge in [0.2, 0.25) is 10.0 Å². The molecule has 8 nitrogen and oxygen atoms in total. The van der Waals surface area contributed by atoms with Gasteiger partial charge < -0.3 is 14.5 Å². The molecule has 0 aliphatic carbocycles. The number of benzene rings is 1. The summed E-state index contributed by atoms with van der Waals surface area (Å²) in [5.41, 5.74) is 0.425. The van der Waals surface area contributed by atoms with E-state index in [0.29, 0.717) is 17.9 Å². The standard InChI is InChI=1S/C21H29N3O5S/c1-16-14-24(15-17(2)29-16)11-4-10-22-21(25)18-6-8-20(9-7-18)30(26,27)23-13-19-5-3-12-28-19/h3,5-9,12,16-17,23H,4,10-11,13-15H2,1-2H3,(H,22,25)/t16-,17-/m1/s1. The molecule has 2 atom stereocenters. The molecule has 1 aromatic heterocycles. The zero-order chi connectivity index (χ0) is 21.6. The van der Waals surface area contributed by atoms with Gasteiger partial charge >= 0.3 is 0 Å². The summed E-state index contributed by atoms with van der Waals surface area (Å²) in [6, 6.07) is 9.27. The van der Waals surface area contributed by atoms with Crippen LogP contribution in [-0.2, 0) is 21.3 Å². The van der Waals surface area contributed by atoms with Crippen molar-refractivity contribution in [1.29, 1.82) is 0 Å². The smallest absolute Gasteiger partial charge is 0.251 e. The molecule has 2 heterocycles. The van der Waals surface area contributed by atoms with Gasteiger partial charge in [0.15, 0.2) is 0 Å². The zero-order valence-electron chi connectivity index (χ0n) is 17.3. The Morgan fingerprint density at radius 1 is 1.13 bits per heavy atom. The third-order valence-electron chi connectivity index (χ3n) is 4.88. The lowest BCUT2D eigenvalue weighted by atomic mass is 10.2. The molecule has 1 fully saturated rings. The van der Waals surface area contributed by atoms with E-state index in [1.807, 2.05) is 0 Å². The van der Waals surface area contributed by atoms with E-state index >= 15 is 0 Å². The van der Waals surface area contributed by atoms with Crippen molar-refractivity contribution in [3.63, 3.8) is 0 Å². The summed E-state index contributed by atoms with van der Waals surface area (Å²) < 4.78 is 38.0. The first-order chi connectivity index (χ1) is 14.3. The fraction of sp³-hybridized carbons (Fsp3) is 0.476. The normalized spacial score (nSPS) is 20.2. The van der Waals surface area contributed by atoms with E-state index in [9.17, 15) is 13.2 Å². The predicted octanol–water partition coefficient (Wildman–Crippen LogP) is 1.99. The number of carbonyl (C=O) groups excluding carboxylic acids is 1. The summed E-state index contributed by atoms with van der Waals surface area (Å²) in [7, 11) is -3.68. The second kappa shape index (κ2) is 10.2. The molecule has 1 aliphatic rings. The molecule has 3 rings (SSSR count). The van der Waals surface area contributed by atoms with Gasteiger partial charge in [0.25, 0.3) is 5.91 Å². The first-order valence-corrected chi connectivity index (χ1v) is 11.6. The minimum atomic E-state index is -3.68. The monoisotopic (exact) mass is 435 g/mol. The van der Waals surface area contributed by atoms with E-state index < -0.39 is 10.0 Å². The van der Waals surface area contributed by atoms with Crippen LogP contribution in [0.25, 0.3) is 0 Å². The highest BCUT2D eigenvalue weighted by Crippen LogP contribution is 2.12. The topological polar surface area (TPSA) is 101 Å². The van der Waals surface area contributed by atoms with E-state index in [4.69, 9.17) is 9.15 Å². The van der Waals surface area contributed by atoms with Crippen molar-refractivity contribution in [2.24, 2.45) is 0 Å². The lowest BCUT2D eigenvalue weighted by Crippen LogP contribution is -2.46. The molecule has 1 saturated heterocycles. The Morgan fingerprint density at radius 3 is 2.47 bits per heavy atom. The number of amides is 1. The Morgan fingerprint density at radius 2 is 1.83 bits per heavy atom. The van der Waals surface area contributed by atoms with Gasteiger partial charge in [-0.25, -0.2) is 13.1 Å². The quantitative estimate of drug-likeness (QED) is 0.584. The third kappa shape index (κ3) is 6.40. The molecule has 164 valence electrons. The van der Waals surface area contributed by atoms with Gasteiger partial charge in [-0.05, 0) is 56.7 Å². The van der Waals surface area contributed by atoms with Crippen LogP contribution in [0.15, 0.2) is 52.0 Å². The molecule has 2 aromatic rings. The van der Waals surface area contributed by atoms with E-state index in [1.54, 1.807) is 12.1 Å². The van der Waals surface area contributed by atoms with Crippen molar-refractivity contribution in [3.05, 3.63) is 54.0 Å². The number of hydrogen-bond donors (Lipinski definition) is 2. The van der Waals surface area contributed by atoms with Crippen LogP contribution in [0, 0.1) is 0 Å². The van der Waals surface area contributed by atoms with Crippen LogP contribution in [0.5, 0.6) is 0 Å². The average molecular weight is 436 g/mol. The molecule has 30 heavy (non-hydrogen) atoms. The Hall–Kier alpha value is -2.20. The number of morpholine rings is 1. The molecular weight excluding hydrogens is 406 g/mol. The van der Waals surface area contributed by atoms with E-state index in [-0.39, 0.29) is 29.6 Å². The summed E-state index contributed by atoms with van der Waals surface area (Å²) in [5.74, 6) is 0.307. The van der Waals surface area contributed by atoms with Gasteiger partial charge in [0.1, 0.15) is 5.76 Å². The number of ether oxygens (including phenoxy) is 1. The number of carbonyl (C=O) groups is 1. The Bertz CT molecular complexity index is 903. The van der Waals surface area contributed by atoms with Crippen molar-refractivity contribution in [2.75, 3.05) is 26.2 Å². The highest BCUT2D eigenvalue weighted by Gasteiger charge is 2.21. The maximum Gasteiger partial charge on any atom is 0.251 e. The van der Waals surface area contributed by atoms with E-state index in [2.05, 4.69) is 28.8 Å². The van der Waals surface area contributed by atoms with Gasteiger partial charge in [0.05, 0.1) is 29.9 Å². The van der Waals surface area contributed by atoms with Crippen LogP contribution < -0.4 is 10.0 Å². The molecule has 1 aromatic carbocycles. The molecule has 0 bridgehead atoms. The van der Waals surface area contributed by atoms with Crippen LogP contribution in [0.2, 0.25) is 0 Å². The maximum atomic E-state index is 12.3. The predicted molar refractivity (Wildman–Crippen MR) is 113 cm³/mol. The zero-order valence-corrected chi connectivity index (χ0v) is 18.2. The molecular formula is C21H29N3O5S. The van der Waals surface area contributed by atoms with Crippen molar-refractivity contribution < 1.29 is 22.4 Å². The summed E-state index contributed by atoms with van der Waals surface area (Å²) in [6.07, 6.45) is 2.78. The van der Waals surface area contributed by atoms with E-state index in [0.717, 1.165) is 26.1 Å². The minimum absolute atomic E-state index is 0.0677. The average Bonchev–Trinajstić information content (AvgIpc) is 3.23. The summed E-state index contributed by atoms with van der Waals surface area (Å²) >= 11 is 0. The molecule has 2 N–H and O–H groups in total. The van der Waals surface area contributed by atoms with Crippen LogP contribution in [0.4, 0.5) is 0 Å². The van der Waals surface area contributed by atoms with Crippen LogP contribution in [0.1, 0.15) is 36.4 Å². The molecule has 0 radical (unpaired) electrons. The molecule has 1 amide bonds. The lowest BCUT2D eigenvalue weighted by molar-refractivity contribution is -0.0680. The van der Waals surface area contributed by atoms with Crippen molar-refractivity contribution in [3.8, 4) is 0 Å². The Kier molecular flexibility index (Phi) is 7.65. The molecule has 0 spiro atoms. The third-order valence-corrected chi connectivity index (χ3v) is 6.29. The lowest BCUT2D eigenvalue weighted by Gasteiger charge is -2.35. The first kappa shape index (κ1) is 22.5. The highest BCUT2D eigenvalue weighted by atomic mass is 32.2. The molecule has 0 unspecified atom stereocenters. The van der Waals surface area contributed by atoms with Crippen LogP contribution >= 0.6 is 0 Å². The van der Waals surface area contributed by atoms with Crippen molar-refractivity contribution in [2.45, 2.75) is 43.9 Å². The largest absolute Gasteiger partial charge is 0.468 e. The summed E-state index contributed by atoms with van der Waals surface area (Å²) in [6.45, 7) is 7.48. The highest BCUT2D eigenvalue weighted by molar-refractivity contribution is 7.89. The van der Waals surface area contributed by atoms with Gasteiger partial charge in [-0.1, -0.05) is 0 Å². The van der Waals surface area contributed by atoms with Gasteiger partial charge in [0, 0.05) is 31.7 Å². The summed E-state index contributed by atoms with van der Waals surface area (Å²) in [5, 5.41) is 2.89. The van der Waals surface area contributed by atoms with Crippen molar-refractivity contribution >= 4 is 15.9 Å². The van der Waals surface area contributed by atoms with Gasteiger partial charge in [-0.2, -0.15) is 0 Å². The SMILES string of the molecule is C[C@@H]1CN(CCCNC(=O)c2ccc(S(=O)(=O)NCc3ccco3)cc2)C[C@@H](C)O1. The first-order valence-electron chi connectivity index (χ1n) is 10.1. The number of nitrogens with one attached hydrogen (secondary N) is 2. The number of hydrogen-bond acceptors (Lipinski definition) is 6. The number of sulfonamides is 1. The second-order valence-electron chi connectivity index (χ2n) is 7.55. The second-order valence-corrected chi connectivity index (χ2v) is 9.32. The summed E-state index contributed by atoms with van der Waals surface area (Å²) in [4.78, 5) is 14.8. The number of furan rings is 1. The van der Waals surface area contributed by atoms with Crippen LogP contribution in [-0.4, -0.2) is 57.6 Å². The van der Waals surface area contributed by atoms with Crippen LogP contribution in [0.3, 0.4) is 0 Å². The molecule has 9 heteroatoms. The number of rotatable bonds is 9.